The van der Waals surface area contributed by atoms with Crippen molar-refractivity contribution >= 4 is 35.0 Å². The standard InChI is InChI=1S/C22H24Cl2N2O2/c1-26(2)17-7-8-18(26)13-19(12-17)28-22(27)25-21-11-16(24)6-9-20(21)14-4-3-5-15(23)10-14/h3-6,9-11,17-19H,7-8,12-13H2,1-2H3/p+1/t17-,18+,19?. The Kier molecular flexibility index (Phi) is 5.30. The number of piperidine rings is 1. The van der Waals surface area contributed by atoms with Crippen LogP contribution >= 0.6 is 23.2 Å². The zero-order valence-electron chi connectivity index (χ0n) is 16.1. The number of rotatable bonds is 3. The maximum Gasteiger partial charge on any atom is 0.411 e. The number of anilines is 1. The highest BCUT2D eigenvalue weighted by Gasteiger charge is 2.49. The number of hydrogen-bond donors (Lipinski definition) is 1. The number of benzene rings is 2. The summed E-state index contributed by atoms with van der Waals surface area (Å²) < 4.78 is 6.84. The van der Waals surface area contributed by atoms with Crippen LogP contribution in [0.3, 0.4) is 0 Å². The van der Waals surface area contributed by atoms with E-state index in [9.17, 15) is 4.79 Å². The van der Waals surface area contributed by atoms with E-state index in [2.05, 4.69) is 19.4 Å². The van der Waals surface area contributed by atoms with Gasteiger partial charge < -0.3 is 9.22 Å². The van der Waals surface area contributed by atoms with Crippen LogP contribution in [0.4, 0.5) is 10.5 Å². The van der Waals surface area contributed by atoms with Gasteiger partial charge in [-0.15, -0.1) is 0 Å². The fourth-order valence-electron chi connectivity index (χ4n) is 4.75. The molecule has 2 saturated heterocycles. The van der Waals surface area contributed by atoms with E-state index >= 15 is 0 Å². The zero-order chi connectivity index (χ0) is 19.9. The molecule has 2 aromatic rings. The van der Waals surface area contributed by atoms with E-state index in [1.165, 1.54) is 12.8 Å². The molecular weight excluding hydrogens is 395 g/mol. The summed E-state index contributed by atoms with van der Waals surface area (Å²) in [5.74, 6) is 0. The van der Waals surface area contributed by atoms with E-state index in [4.69, 9.17) is 27.9 Å². The molecule has 0 radical (unpaired) electrons. The number of quaternary nitrogens is 1. The molecule has 1 amide bonds. The highest BCUT2D eigenvalue weighted by atomic mass is 35.5. The minimum atomic E-state index is -0.429. The predicted octanol–water partition coefficient (Wildman–Crippen LogP) is 5.98. The molecule has 4 rings (SSSR count). The molecule has 2 aliphatic rings. The lowest BCUT2D eigenvalue weighted by atomic mass is 9.98. The van der Waals surface area contributed by atoms with E-state index in [-0.39, 0.29) is 6.10 Å². The van der Waals surface area contributed by atoms with Gasteiger partial charge in [0.05, 0.1) is 31.9 Å². The topological polar surface area (TPSA) is 38.3 Å². The third-order valence-corrected chi connectivity index (χ3v) is 6.88. The number of fused-ring (bicyclic) bond motifs is 2. The number of hydrogen-bond acceptors (Lipinski definition) is 2. The van der Waals surface area contributed by atoms with Crippen molar-refractivity contribution in [1.82, 2.24) is 0 Å². The van der Waals surface area contributed by atoms with E-state index in [1.54, 1.807) is 12.1 Å². The molecule has 4 nitrogen and oxygen atoms in total. The molecule has 0 spiro atoms. The summed E-state index contributed by atoms with van der Waals surface area (Å²) in [4.78, 5) is 12.6. The first-order chi connectivity index (χ1) is 13.3. The molecule has 1 unspecified atom stereocenters. The summed E-state index contributed by atoms with van der Waals surface area (Å²) >= 11 is 12.3. The van der Waals surface area contributed by atoms with Gasteiger partial charge in [0.1, 0.15) is 6.10 Å². The molecule has 28 heavy (non-hydrogen) atoms. The molecule has 2 heterocycles. The minimum Gasteiger partial charge on any atom is -0.445 e. The fraction of sp³-hybridized carbons (Fsp3) is 0.409. The van der Waals surface area contributed by atoms with Crippen LogP contribution in [0.2, 0.25) is 10.0 Å². The van der Waals surface area contributed by atoms with Gasteiger partial charge in [-0.25, -0.2) is 4.79 Å². The van der Waals surface area contributed by atoms with E-state index in [0.29, 0.717) is 27.8 Å². The molecule has 2 aromatic carbocycles. The summed E-state index contributed by atoms with van der Waals surface area (Å²) in [7, 11) is 4.59. The number of amides is 1. The largest absolute Gasteiger partial charge is 0.445 e. The van der Waals surface area contributed by atoms with Crippen molar-refractivity contribution in [2.24, 2.45) is 0 Å². The Morgan fingerprint density at radius 1 is 1.04 bits per heavy atom. The average molecular weight is 420 g/mol. The van der Waals surface area contributed by atoms with Crippen LogP contribution in [-0.2, 0) is 4.74 Å². The Labute approximate surface area is 176 Å². The highest BCUT2D eigenvalue weighted by Crippen LogP contribution is 2.40. The quantitative estimate of drug-likeness (QED) is 0.621. The van der Waals surface area contributed by atoms with Crippen LogP contribution < -0.4 is 5.32 Å². The third-order valence-electron chi connectivity index (χ3n) is 6.41. The van der Waals surface area contributed by atoms with Gasteiger partial charge in [-0.3, -0.25) is 5.32 Å². The number of nitrogens with zero attached hydrogens (tertiary/aromatic N) is 1. The first-order valence-electron chi connectivity index (χ1n) is 9.69. The lowest BCUT2D eigenvalue weighted by Crippen LogP contribution is -2.56. The highest BCUT2D eigenvalue weighted by molar-refractivity contribution is 6.31. The van der Waals surface area contributed by atoms with Crippen molar-refractivity contribution < 1.29 is 14.0 Å². The number of carbonyl (C=O) groups excluding carboxylic acids is 1. The lowest BCUT2D eigenvalue weighted by molar-refractivity contribution is -0.931. The van der Waals surface area contributed by atoms with Gasteiger partial charge in [-0.2, -0.15) is 0 Å². The van der Waals surface area contributed by atoms with Gasteiger partial charge in [-0.05, 0) is 29.8 Å². The molecule has 3 atom stereocenters. The first kappa shape index (κ1) is 19.6. The van der Waals surface area contributed by atoms with Crippen LogP contribution in [0.5, 0.6) is 0 Å². The predicted molar refractivity (Wildman–Crippen MR) is 114 cm³/mol. The Morgan fingerprint density at radius 3 is 2.39 bits per heavy atom. The first-order valence-corrected chi connectivity index (χ1v) is 10.4. The molecule has 2 bridgehead atoms. The summed E-state index contributed by atoms with van der Waals surface area (Å²) in [6.45, 7) is 0. The van der Waals surface area contributed by atoms with Crippen LogP contribution in [0.25, 0.3) is 11.1 Å². The fourth-order valence-corrected chi connectivity index (χ4v) is 5.11. The summed E-state index contributed by atoms with van der Waals surface area (Å²) in [5, 5.41) is 4.08. The molecule has 2 fully saturated rings. The van der Waals surface area contributed by atoms with Crippen molar-refractivity contribution in [3.8, 4) is 11.1 Å². The van der Waals surface area contributed by atoms with Crippen LogP contribution in [-0.4, -0.2) is 42.9 Å². The summed E-state index contributed by atoms with van der Waals surface area (Å²) in [5.41, 5.74) is 2.38. The second kappa shape index (κ2) is 7.58. The summed E-state index contributed by atoms with van der Waals surface area (Å²) in [6, 6.07) is 14.1. The van der Waals surface area contributed by atoms with Gasteiger partial charge in [-0.1, -0.05) is 41.4 Å². The van der Waals surface area contributed by atoms with Gasteiger partial charge in [0.25, 0.3) is 0 Å². The SMILES string of the molecule is C[N+]1(C)[C@@H]2CC[C@H]1CC(OC(=O)Nc1cc(Cl)ccc1-c1cccc(Cl)c1)C2. The van der Waals surface area contributed by atoms with E-state index in [0.717, 1.165) is 28.5 Å². The van der Waals surface area contributed by atoms with Crippen LogP contribution in [0, 0.1) is 0 Å². The number of carbonyl (C=O) groups is 1. The second-order valence-corrected chi connectivity index (χ2v) is 9.21. The number of nitrogens with one attached hydrogen (secondary N) is 1. The normalized spacial score (nSPS) is 25.4. The maximum absolute atomic E-state index is 12.6. The van der Waals surface area contributed by atoms with Crippen LogP contribution in [0.1, 0.15) is 25.7 Å². The number of ether oxygens (including phenoxy) is 1. The van der Waals surface area contributed by atoms with E-state index in [1.807, 2.05) is 30.3 Å². The van der Waals surface area contributed by atoms with Gasteiger partial charge >= 0.3 is 6.09 Å². The second-order valence-electron chi connectivity index (χ2n) is 8.34. The average Bonchev–Trinajstić information content (AvgIpc) is 2.80. The lowest BCUT2D eigenvalue weighted by Gasteiger charge is -2.43. The van der Waals surface area contributed by atoms with Crippen molar-refractivity contribution in [2.75, 3.05) is 19.4 Å². The molecule has 148 valence electrons. The zero-order valence-corrected chi connectivity index (χ0v) is 17.6. The molecule has 0 aromatic heterocycles. The van der Waals surface area contributed by atoms with Crippen molar-refractivity contribution in [1.29, 1.82) is 0 Å². The molecule has 1 N–H and O–H groups in total. The van der Waals surface area contributed by atoms with Crippen LogP contribution in [0.15, 0.2) is 42.5 Å². The Hall–Kier alpha value is -1.75. The smallest absolute Gasteiger partial charge is 0.411 e. The Balaban J connectivity index is 1.49. The van der Waals surface area contributed by atoms with E-state index < -0.39 is 6.09 Å². The van der Waals surface area contributed by atoms with Crippen molar-refractivity contribution in [3.63, 3.8) is 0 Å². The monoisotopic (exact) mass is 419 g/mol. The summed E-state index contributed by atoms with van der Waals surface area (Å²) in [6.07, 6.45) is 3.82. The number of halogens is 2. The van der Waals surface area contributed by atoms with Crippen molar-refractivity contribution in [3.05, 3.63) is 52.5 Å². The Bertz CT molecular complexity index is 884. The molecular formula is C22H25Cl2N2O2+. The van der Waals surface area contributed by atoms with Crippen molar-refractivity contribution in [2.45, 2.75) is 43.9 Å². The third kappa shape index (κ3) is 3.86. The maximum atomic E-state index is 12.6. The molecule has 0 saturated carbocycles. The minimum absolute atomic E-state index is 0.0301. The van der Waals surface area contributed by atoms with Gasteiger partial charge in [0, 0.05) is 41.3 Å². The molecule has 2 aliphatic heterocycles. The molecule has 0 aliphatic carbocycles. The van der Waals surface area contributed by atoms with Gasteiger partial charge in [0.15, 0.2) is 0 Å². The van der Waals surface area contributed by atoms with Gasteiger partial charge in [0.2, 0.25) is 0 Å². The molecule has 6 heteroatoms. The Morgan fingerprint density at radius 2 is 1.71 bits per heavy atom.